The third-order valence-corrected chi connectivity index (χ3v) is 8.73. The topological polar surface area (TPSA) is 26.0 Å². The largest absolute Gasteiger partial charge is 0.393 e. The number of alkyl halides is 1. The molecule has 0 aromatic heterocycles. The van der Waals surface area contributed by atoms with E-state index in [1.807, 2.05) is 0 Å². The van der Waals surface area contributed by atoms with Crippen molar-refractivity contribution in [2.45, 2.75) is 42.4 Å². The fraction of sp³-hybridized carbons (Fsp3) is 0.435. The Morgan fingerprint density at radius 3 is 2.31 bits per heavy atom. The monoisotopic (exact) mass is 381 g/mol. The Morgan fingerprint density at radius 2 is 1.65 bits per heavy atom. The van der Waals surface area contributed by atoms with Crippen LogP contribution in [0.5, 0.6) is 0 Å². The minimum absolute atomic E-state index is 0.0649. The summed E-state index contributed by atoms with van der Waals surface area (Å²) in [7, 11) is 0. The van der Waals surface area contributed by atoms with Gasteiger partial charge in [-0.05, 0) is 60.5 Å². The van der Waals surface area contributed by atoms with Crippen LogP contribution in [0.3, 0.4) is 0 Å². The summed E-state index contributed by atoms with van der Waals surface area (Å²) in [6.45, 7) is 0. The Balaban J connectivity index is 1.57. The molecule has 0 aliphatic heterocycles. The van der Waals surface area contributed by atoms with Gasteiger partial charge < -0.3 is 5.73 Å². The molecule has 2 N–H and O–H groups in total. The molecule has 6 rings (SSSR count). The van der Waals surface area contributed by atoms with Gasteiger partial charge in [0.25, 0.3) is 0 Å². The van der Waals surface area contributed by atoms with Crippen LogP contribution in [0.4, 0.5) is 0 Å². The van der Waals surface area contributed by atoms with E-state index in [1.165, 1.54) is 11.1 Å². The van der Waals surface area contributed by atoms with Gasteiger partial charge in [-0.1, -0.05) is 72.9 Å². The van der Waals surface area contributed by atoms with E-state index in [1.54, 1.807) is 0 Å². The van der Waals surface area contributed by atoms with Crippen molar-refractivity contribution < 1.29 is 0 Å². The van der Waals surface area contributed by atoms with Crippen molar-refractivity contribution >= 4 is 28.8 Å². The van der Waals surface area contributed by atoms with E-state index in [4.69, 9.17) is 29.6 Å². The van der Waals surface area contributed by atoms with Gasteiger partial charge in [0.05, 0.1) is 9.86 Å². The van der Waals surface area contributed by atoms with Crippen molar-refractivity contribution in [3.8, 4) is 0 Å². The number of thiocarbonyl (C=S) groups is 1. The predicted molar refractivity (Wildman–Crippen MR) is 112 cm³/mol. The molecule has 2 aromatic rings. The normalized spacial score (nSPS) is 40.0. The molecule has 2 aromatic carbocycles. The molecule has 0 amide bonds. The summed E-state index contributed by atoms with van der Waals surface area (Å²) >= 11 is 13.1. The van der Waals surface area contributed by atoms with Crippen LogP contribution in [-0.2, 0) is 11.8 Å². The number of hydrogen-bond donors (Lipinski definition) is 1. The Morgan fingerprint density at radius 1 is 1.00 bits per heavy atom. The summed E-state index contributed by atoms with van der Waals surface area (Å²) in [6, 6.07) is 21.7. The summed E-state index contributed by atoms with van der Waals surface area (Å²) in [5.74, 6) is 0.840. The first kappa shape index (κ1) is 16.8. The Hall–Kier alpha value is -1.38. The molecule has 4 aliphatic carbocycles. The molecule has 4 saturated carbocycles. The lowest BCUT2D eigenvalue weighted by atomic mass is 9.61. The molecule has 134 valence electrons. The summed E-state index contributed by atoms with van der Waals surface area (Å²) in [4.78, 5) is 0.472. The van der Waals surface area contributed by atoms with Gasteiger partial charge in [-0.2, -0.15) is 0 Å². The minimum Gasteiger partial charge on any atom is -0.393 e. The molecular formula is C23H24ClNS. The summed E-state index contributed by atoms with van der Waals surface area (Å²) in [5, 5.41) is 0. The van der Waals surface area contributed by atoms with Crippen LogP contribution in [-0.4, -0.2) is 9.86 Å². The highest BCUT2D eigenvalue weighted by Gasteiger charge is 2.74. The zero-order valence-electron chi connectivity index (χ0n) is 14.8. The first-order chi connectivity index (χ1) is 12.5. The molecule has 4 fully saturated rings. The molecule has 3 heteroatoms. The molecular weight excluding hydrogens is 358 g/mol. The fourth-order valence-electron chi connectivity index (χ4n) is 6.66. The second kappa shape index (κ2) is 5.56. The first-order valence-corrected chi connectivity index (χ1v) is 10.4. The van der Waals surface area contributed by atoms with Gasteiger partial charge >= 0.3 is 0 Å². The minimum atomic E-state index is -0.223. The standard InChI is InChI=1S/C23H24ClNS/c24-23(11-16-7-3-1-4-8-16)18-12-21(17-9-5-2-6-10-17)14-19(23)22(13-18,15-21)20(25)26/h1-10,18-19H,11-15H2,(H2,25,26). The smallest absolute Gasteiger partial charge is 0.0793 e. The van der Waals surface area contributed by atoms with Crippen LogP contribution >= 0.6 is 23.8 Å². The molecule has 26 heavy (non-hydrogen) atoms. The molecule has 5 unspecified atom stereocenters. The number of rotatable bonds is 4. The molecule has 5 atom stereocenters. The van der Waals surface area contributed by atoms with E-state index in [0.29, 0.717) is 16.8 Å². The Kier molecular flexibility index (Phi) is 3.59. The highest BCUT2D eigenvalue weighted by molar-refractivity contribution is 7.80. The fourth-order valence-corrected chi connectivity index (χ4v) is 7.55. The van der Waals surface area contributed by atoms with Gasteiger partial charge in [-0.15, -0.1) is 11.6 Å². The van der Waals surface area contributed by atoms with Crippen molar-refractivity contribution in [3.05, 3.63) is 71.8 Å². The highest BCUT2D eigenvalue weighted by atomic mass is 35.5. The van der Waals surface area contributed by atoms with Gasteiger partial charge in [-0.3, -0.25) is 0 Å². The van der Waals surface area contributed by atoms with Gasteiger partial charge in [0.1, 0.15) is 0 Å². The van der Waals surface area contributed by atoms with Crippen molar-refractivity contribution in [2.75, 3.05) is 0 Å². The molecule has 0 spiro atoms. The zero-order valence-corrected chi connectivity index (χ0v) is 16.4. The van der Waals surface area contributed by atoms with Crippen molar-refractivity contribution in [1.29, 1.82) is 0 Å². The Bertz CT molecular complexity index is 853. The van der Waals surface area contributed by atoms with Gasteiger partial charge in [0, 0.05) is 5.41 Å². The van der Waals surface area contributed by atoms with E-state index in [9.17, 15) is 0 Å². The highest BCUT2D eigenvalue weighted by Crippen LogP contribution is 2.75. The van der Waals surface area contributed by atoms with E-state index in [-0.39, 0.29) is 15.7 Å². The van der Waals surface area contributed by atoms with Gasteiger partial charge in [0.15, 0.2) is 0 Å². The summed E-state index contributed by atoms with van der Waals surface area (Å²) < 4.78 is 0. The number of nitrogens with two attached hydrogens (primary N) is 1. The molecule has 0 heterocycles. The van der Waals surface area contributed by atoms with Crippen LogP contribution in [0.1, 0.15) is 36.8 Å². The Labute approximate surface area is 165 Å². The van der Waals surface area contributed by atoms with Gasteiger partial charge in [0.2, 0.25) is 0 Å². The quantitative estimate of drug-likeness (QED) is 0.578. The second-order valence-electron chi connectivity index (χ2n) is 8.79. The predicted octanol–water partition coefficient (Wildman–Crippen LogP) is 5.25. The third kappa shape index (κ3) is 2.12. The average molecular weight is 382 g/mol. The van der Waals surface area contributed by atoms with Crippen LogP contribution in [0.15, 0.2) is 60.7 Å². The molecule has 0 saturated heterocycles. The number of benzene rings is 2. The number of halogens is 1. The zero-order chi connectivity index (χ0) is 18.0. The van der Waals surface area contributed by atoms with Crippen LogP contribution in [0, 0.1) is 17.3 Å². The second-order valence-corrected chi connectivity index (χ2v) is 9.94. The maximum Gasteiger partial charge on any atom is 0.0793 e. The van der Waals surface area contributed by atoms with E-state index in [2.05, 4.69) is 60.7 Å². The maximum atomic E-state index is 7.46. The summed E-state index contributed by atoms with van der Waals surface area (Å²) in [6.07, 6.45) is 5.33. The third-order valence-electron chi connectivity index (χ3n) is 7.62. The SMILES string of the molecule is NC(=S)C12CC3CC(c4ccccc4)(CC1C3(Cl)Cc1ccccc1)C2. The lowest BCUT2D eigenvalue weighted by Crippen LogP contribution is -2.45. The van der Waals surface area contributed by atoms with Gasteiger partial charge in [-0.25, -0.2) is 0 Å². The number of hydrogen-bond acceptors (Lipinski definition) is 1. The molecule has 0 radical (unpaired) electrons. The maximum absolute atomic E-state index is 7.46. The lowest BCUT2D eigenvalue weighted by molar-refractivity contribution is 0.180. The van der Waals surface area contributed by atoms with E-state index in [0.717, 1.165) is 32.1 Å². The van der Waals surface area contributed by atoms with Crippen LogP contribution < -0.4 is 5.73 Å². The van der Waals surface area contributed by atoms with E-state index >= 15 is 0 Å². The van der Waals surface area contributed by atoms with Crippen molar-refractivity contribution in [3.63, 3.8) is 0 Å². The van der Waals surface area contributed by atoms with E-state index < -0.39 is 0 Å². The summed E-state index contributed by atoms with van der Waals surface area (Å²) in [5.41, 5.74) is 9.29. The van der Waals surface area contributed by atoms with Crippen LogP contribution in [0.2, 0.25) is 0 Å². The molecule has 1 nitrogen and oxygen atoms in total. The first-order valence-electron chi connectivity index (χ1n) is 9.57. The lowest BCUT2D eigenvalue weighted by Gasteiger charge is -2.46. The van der Waals surface area contributed by atoms with Crippen LogP contribution in [0.25, 0.3) is 0 Å². The average Bonchev–Trinajstić information content (AvgIpc) is 3.00. The molecule has 4 bridgehead atoms. The molecule has 4 aliphatic rings. The van der Waals surface area contributed by atoms with Crippen molar-refractivity contribution in [2.24, 2.45) is 23.0 Å². The van der Waals surface area contributed by atoms with Crippen molar-refractivity contribution in [1.82, 2.24) is 0 Å².